The van der Waals surface area contributed by atoms with Gasteiger partial charge in [0.25, 0.3) is 0 Å². The largest absolute Gasteiger partial charge is 0.252 e. The van der Waals surface area contributed by atoms with Crippen molar-refractivity contribution in [3.63, 3.8) is 0 Å². The highest BCUT2D eigenvalue weighted by molar-refractivity contribution is 7.87. The van der Waals surface area contributed by atoms with Gasteiger partial charge in [0, 0.05) is 11.5 Å². The van der Waals surface area contributed by atoms with E-state index >= 15 is 0 Å². The van der Waals surface area contributed by atoms with Gasteiger partial charge in [-0.3, -0.25) is 8.42 Å². The quantitative estimate of drug-likeness (QED) is 0.364. The average molecular weight is 449 g/mol. The van der Waals surface area contributed by atoms with Crippen LogP contribution in [0.25, 0.3) is 20.4 Å². The van der Waals surface area contributed by atoms with Crippen LogP contribution in [0.2, 0.25) is 0 Å². The van der Waals surface area contributed by atoms with Gasteiger partial charge in [0.1, 0.15) is 0 Å². The summed E-state index contributed by atoms with van der Waals surface area (Å²) in [6.45, 7) is 4.09. The minimum atomic E-state index is -1.10. The maximum Gasteiger partial charge on any atom is 0.181 e. The lowest BCUT2D eigenvalue weighted by Gasteiger charge is -1.99. The van der Waals surface area contributed by atoms with Gasteiger partial charge < -0.3 is 0 Å². The first-order valence-corrected chi connectivity index (χ1v) is 13.3. The van der Waals surface area contributed by atoms with Crippen molar-refractivity contribution in [1.82, 2.24) is 9.97 Å². The highest BCUT2D eigenvalue weighted by Crippen LogP contribution is 2.27. The van der Waals surface area contributed by atoms with E-state index in [4.69, 9.17) is 0 Å². The van der Waals surface area contributed by atoms with Crippen LogP contribution < -0.4 is 0 Å². The Morgan fingerprint density at radius 3 is 1.61 bits per heavy atom. The van der Waals surface area contributed by atoms with E-state index in [2.05, 4.69) is 22.1 Å². The SMILES string of the molecule is Cc1ccc2nc(S(=O)CCCCS(=O)c3nc4ccc(C)cc4s3)sc2c1. The van der Waals surface area contributed by atoms with E-state index in [0.29, 0.717) is 20.2 Å². The molecule has 2 aromatic heterocycles. The topological polar surface area (TPSA) is 59.9 Å². The van der Waals surface area contributed by atoms with E-state index in [1.807, 2.05) is 38.1 Å². The molecule has 0 spiro atoms. The molecule has 28 heavy (non-hydrogen) atoms. The highest BCUT2D eigenvalue weighted by Gasteiger charge is 2.13. The number of hydrogen-bond acceptors (Lipinski definition) is 6. The third-order valence-corrected chi connectivity index (χ3v) is 9.87. The fourth-order valence-corrected chi connectivity index (χ4v) is 7.91. The molecule has 146 valence electrons. The molecule has 4 aromatic rings. The van der Waals surface area contributed by atoms with Crippen molar-refractivity contribution < 1.29 is 8.42 Å². The van der Waals surface area contributed by atoms with Crippen molar-refractivity contribution >= 4 is 64.7 Å². The van der Waals surface area contributed by atoms with Crippen LogP contribution in [0.3, 0.4) is 0 Å². The van der Waals surface area contributed by atoms with Crippen LogP contribution in [0.5, 0.6) is 0 Å². The molecule has 4 nitrogen and oxygen atoms in total. The van der Waals surface area contributed by atoms with Crippen molar-refractivity contribution in [1.29, 1.82) is 0 Å². The number of rotatable bonds is 7. The van der Waals surface area contributed by atoms with E-state index in [0.717, 1.165) is 33.3 Å². The Labute approximate surface area is 177 Å². The van der Waals surface area contributed by atoms with Crippen LogP contribution in [-0.2, 0) is 21.6 Å². The number of benzene rings is 2. The van der Waals surface area contributed by atoms with Crippen LogP contribution in [-0.4, -0.2) is 29.9 Å². The normalized spacial score (nSPS) is 13.9. The van der Waals surface area contributed by atoms with Crippen LogP contribution in [0.4, 0.5) is 0 Å². The first kappa shape index (κ1) is 19.8. The van der Waals surface area contributed by atoms with Crippen molar-refractivity contribution in [2.45, 2.75) is 35.4 Å². The van der Waals surface area contributed by atoms with Gasteiger partial charge in [-0.05, 0) is 62.1 Å². The Hall–Kier alpha value is -1.48. The predicted octanol–water partition coefficient (Wildman–Crippen LogP) is 5.22. The zero-order valence-corrected chi connectivity index (χ0v) is 18.9. The van der Waals surface area contributed by atoms with Gasteiger partial charge in [-0.1, -0.05) is 12.1 Å². The fourth-order valence-electron chi connectivity index (χ4n) is 2.86. The van der Waals surface area contributed by atoms with Gasteiger partial charge in [-0.15, -0.1) is 22.7 Å². The molecular formula is C20H20N2O2S4. The lowest BCUT2D eigenvalue weighted by Crippen LogP contribution is -2.02. The minimum Gasteiger partial charge on any atom is -0.252 e. The molecule has 0 aliphatic rings. The molecule has 0 saturated heterocycles. The minimum absolute atomic E-state index is 0.551. The molecule has 4 rings (SSSR count). The summed E-state index contributed by atoms with van der Waals surface area (Å²) in [5.41, 5.74) is 4.18. The standard InChI is InChI=1S/C20H20N2O2S4/c1-13-5-7-15-17(11-13)25-19(21-15)27(23)9-3-4-10-28(24)20-22-16-8-6-14(2)12-18(16)26-20/h5-8,11-12H,3-4,9-10H2,1-2H3. The van der Waals surface area contributed by atoms with Gasteiger partial charge in [0.05, 0.1) is 42.0 Å². The summed E-state index contributed by atoms with van der Waals surface area (Å²) in [5, 5.41) is 0. The van der Waals surface area contributed by atoms with Crippen LogP contribution >= 0.6 is 22.7 Å². The van der Waals surface area contributed by atoms with Gasteiger partial charge in [-0.2, -0.15) is 0 Å². The number of aryl methyl sites for hydroxylation is 2. The van der Waals surface area contributed by atoms with E-state index < -0.39 is 21.6 Å². The zero-order chi connectivity index (χ0) is 19.7. The molecule has 0 aliphatic carbocycles. The summed E-state index contributed by atoms with van der Waals surface area (Å²) < 4.78 is 28.6. The molecule has 2 atom stereocenters. The molecule has 0 aliphatic heterocycles. The van der Waals surface area contributed by atoms with Crippen LogP contribution in [0.15, 0.2) is 45.1 Å². The second-order valence-electron chi connectivity index (χ2n) is 6.71. The molecule has 2 heterocycles. The van der Waals surface area contributed by atoms with E-state index in [1.54, 1.807) is 0 Å². The van der Waals surface area contributed by atoms with E-state index in [-0.39, 0.29) is 0 Å². The summed E-state index contributed by atoms with van der Waals surface area (Å²) in [6.07, 6.45) is 1.52. The summed E-state index contributed by atoms with van der Waals surface area (Å²) in [7, 11) is -2.20. The maximum absolute atomic E-state index is 12.5. The van der Waals surface area contributed by atoms with Gasteiger partial charge in [0.15, 0.2) is 8.68 Å². The first-order chi connectivity index (χ1) is 13.5. The second kappa shape index (κ2) is 8.49. The third-order valence-electron chi connectivity index (χ3n) is 4.35. The van der Waals surface area contributed by atoms with Gasteiger partial charge >= 0.3 is 0 Å². The smallest absolute Gasteiger partial charge is 0.181 e. The molecule has 0 radical (unpaired) electrons. The summed E-state index contributed by atoms with van der Waals surface area (Å²) >= 11 is 3.01. The number of thiazole rings is 2. The van der Waals surface area contributed by atoms with Gasteiger partial charge in [0.2, 0.25) is 0 Å². The second-order valence-corrected chi connectivity index (χ2v) is 12.3. The molecule has 0 fully saturated rings. The monoisotopic (exact) mass is 448 g/mol. The molecule has 0 amide bonds. The third kappa shape index (κ3) is 4.40. The Morgan fingerprint density at radius 2 is 1.18 bits per heavy atom. The molecule has 8 heteroatoms. The number of aromatic nitrogens is 2. The van der Waals surface area contributed by atoms with Crippen LogP contribution in [0, 0.1) is 13.8 Å². The fraction of sp³-hybridized carbons (Fsp3) is 0.300. The zero-order valence-electron chi connectivity index (χ0n) is 15.6. The van der Waals surface area contributed by atoms with E-state index in [1.165, 1.54) is 33.8 Å². The number of hydrogen-bond donors (Lipinski definition) is 0. The van der Waals surface area contributed by atoms with Crippen molar-refractivity contribution in [2.75, 3.05) is 11.5 Å². The maximum atomic E-state index is 12.5. The van der Waals surface area contributed by atoms with Crippen molar-refractivity contribution in [3.8, 4) is 0 Å². The number of nitrogens with zero attached hydrogens (tertiary/aromatic N) is 2. The van der Waals surface area contributed by atoms with Crippen molar-refractivity contribution in [2.24, 2.45) is 0 Å². The molecule has 2 aromatic carbocycles. The Bertz CT molecular complexity index is 1100. The molecule has 2 unspecified atom stereocenters. The number of fused-ring (bicyclic) bond motifs is 2. The average Bonchev–Trinajstić information content (AvgIpc) is 3.28. The molecule has 0 saturated carbocycles. The highest BCUT2D eigenvalue weighted by atomic mass is 32.2. The Morgan fingerprint density at radius 1 is 0.750 bits per heavy atom. The lowest BCUT2D eigenvalue weighted by molar-refractivity contribution is 0.673. The molecule has 0 N–H and O–H groups in total. The summed E-state index contributed by atoms with van der Waals surface area (Å²) in [6, 6.07) is 12.2. The molecular weight excluding hydrogens is 429 g/mol. The Balaban J connectivity index is 1.31. The summed E-state index contributed by atoms with van der Waals surface area (Å²) in [4.78, 5) is 8.99. The summed E-state index contributed by atoms with van der Waals surface area (Å²) in [5.74, 6) is 1.10. The predicted molar refractivity (Wildman–Crippen MR) is 120 cm³/mol. The van der Waals surface area contributed by atoms with Crippen molar-refractivity contribution in [3.05, 3.63) is 47.5 Å². The molecule has 0 bridgehead atoms. The van der Waals surface area contributed by atoms with E-state index in [9.17, 15) is 8.42 Å². The number of unbranched alkanes of at least 4 members (excludes halogenated alkanes) is 1. The Kier molecular flexibility index (Phi) is 6.01. The van der Waals surface area contributed by atoms with Crippen LogP contribution in [0.1, 0.15) is 24.0 Å². The first-order valence-electron chi connectivity index (χ1n) is 9.01. The lowest BCUT2D eigenvalue weighted by atomic mass is 10.2. The van der Waals surface area contributed by atoms with Gasteiger partial charge in [-0.25, -0.2) is 9.97 Å².